The number of ether oxygens (including phenoxy) is 1. The number of nitrogens with zero attached hydrogens (tertiary/aromatic N) is 1. The molecule has 1 aromatic heterocycles. The van der Waals surface area contributed by atoms with Gasteiger partial charge in [0.1, 0.15) is 17.3 Å². The van der Waals surface area contributed by atoms with Crippen LogP contribution in [0.25, 0.3) is 0 Å². The summed E-state index contributed by atoms with van der Waals surface area (Å²) >= 11 is 0. The Labute approximate surface area is 121 Å². The lowest BCUT2D eigenvalue weighted by Gasteiger charge is -2.10. The van der Waals surface area contributed by atoms with Gasteiger partial charge in [-0.25, -0.2) is 4.79 Å². The van der Waals surface area contributed by atoms with Gasteiger partial charge in [-0.1, -0.05) is 12.1 Å². The smallest absolute Gasteiger partial charge is 0.330 e. The Morgan fingerprint density at radius 3 is 2.48 bits per heavy atom. The molecule has 21 heavy (non-hydrogen) atoms. The third kappa shape index (κ3) is 3.25. The minimum atomic E-state index is -0.649. The third-order valence-electron chi connectivity index (χ3n) is 3.28. The Hall–Kier alpha value is -2.70. The Morgan fingerprint density at radius 1 is 1.19 bits per heavy atom. The summed E-state index contributed by atoms with van der Waals surface area (Å²) in [7, 11) is 1.62. The lowest BCUT2D eigenvalue weighted by molar-refractivity contribution is 0.414. The van der Waals surface area contributed by atoms with Gasteiger partial charge in [0.15, 0.2) is 0 Å². The summed E-state index contributed by atoms with van der Waals surface area (Å²) in [6.07, 6.45) is 1.47. The fourth-order valence-electron chi connectivity index (χ4n) is 2.06. The minimum Gasteiger partial charge on any atom is -0.497 e. The number of anilines is 2. The number of aromatic nitrogens is 2. The maximum atomic E-state index is 11.7. The van der Waals surface area contributed by atoms with E-state index in [0.29, 0.717) is 13.0 Å². The number of rotatable bonds is 5. The van der Waals surface area contributed by atoms with Crippen molar-refractivity contribution in [2.45, 2.75) is 19.4 Å². The second kappa shape index (κ2) is 6.17. The molecule has 0 saturated heterocycles. The topological polar surface area (TPSA) is 116 Å². The monoisotopic (exact) mass is 290 g/mol. The zero-order chi connectivity index (χ0) is 15.4. The molecule has 0 fully saturated rings. The van der Waals surface area contributed by atoms with Crippen molar-refractivity contribution in [3.05, 3.63) is 50.7 Å². The van der Waals surface area contributed by atoms with Crippen LogP contribution < -0.4 is 27.5 Å². The van der Waals surface area contributed by atoms with Gasteiger partial charge in [0, 0.05) is 6.54 Å². The number of aryl methyl sites for hydroxylation is 1. The van der Waals surface area contributed by atoms with E-state index in [4.69, 9.17) is 16.2 Å². The van der Waals surface area contributed by atoms with Crippen LogP contribution in [0.5, 0.6) is 5.75 Å². The minimum absolute atomic E-state index is 0.0125. The summed E-state index contributed by atoms with van der Waals surface area (Å²) in [6, 6.07) is 7.69. The maximum absolute atomic E-state index is 11.7. The summed E-state index contributed by atoms with van der Waals surface area (Å²) < 4.78 is 6.37. The number of benzene rings is 1. The van der Waals surface area contributed by atoms with Crippen molar-refractivity contribution >= 4 is 11.5 Å². The number of methoxy groups -OCH3 is 1. The summed E-state index contributed by atoms with van der Waals surface area (Å²) in [5.41, 5.74) is 11.0. The van der Waals surface area contributed by atoms with E-state index in [9.17, 15) is 9.59 Å². The molecule has 0 amide bonds. The molecule has 0 radical (unpaired) electrons. The number of aromatic amines is 1. The average Bonchev–Trinajstić information content (AvgIpc) is 2.49. The molecule has 2 rings (SSSR count). The first-order valence-electron chi connectivity index (χ1n) is 6.54. The maximum Gasteiger partial charge on any atom is 0.330 e. The van der Waals surface area contributed by atoms with Crippen molar-refractivity contribution in [1.82, 2.24) is 9.55 Å². The molecule has 0 saturated carbocycles. The van der Waals surface area contributed by atoms with Crippen molar-refractivity contribution in [3.63, 3.8) is 0 Å². The van der Waals surface area contributed by atoms with E-state index in [1.165, 1.54) is 4.57 Å². The normalized spacial score (nSPS) is 10.5. The van der Waals surface area contributed by atoms with Gasteiger partial charge in [-0.05, 0) is 30.5 Å². The van der Waals surface area contributed by atoms with Crippen LogP contribution in [-0.2, 0) is 13.0 Å². The highest BCUT2D eigenvalue weighted by atomic mass is 16.5. The van der Waals surface area contributed by atoms with Crippen molar-refractivity contribution in [3.8, 4) is 5.75 Å². The lowest BCUT2D eigenvalue weighted by atomic mass is 10.1. The predicted octanol–water partition coefficient (Wildman–Crippen LogP) is 0.342. The molecule has 0 aliphatic rings. The van der Waals surface area contributed by atoms with Crippen molar-refractivity contribution in [2.24, 2.45) is 0 Å². The molecular formula is C14H18N4O3. The molecule has 112 valence electrons. The molecule has 1 heterocycles. The molecule has 5 N–H and O–H groups in total. The zero-order valence-electron chi connectivity index (χ0n) is 11.8. The number of nitrogen functional groups attached to an aromatic ring is 2. The molecular weight excluding hydrogens is 272 g/mol. The van der Waals surface area contributed by atoms with Gasteiger partial charge < -0.3 is 16.2 Å². The first-order chi connectivity index (χ1) is 10.0. The Bertz CT molecular complexity index is 731. The average molecular weight is 290 g/mol. The molecule has 0 bridgehead atoms. The molecule has 7 heteroatoms. The molecule has 0 unspecified atom stereocenters. The van der Waals surface area contributed by atoms with Crippen molar-refractivity contribution < 1.29 is 4.74 Å². The SMILES string of the molecule is COc1ccc(CCCn2c(N)c(N)c(=O)[nH]c2=O)cc1. The highest BCUT2D eigenvalue weighted by Crippen LogP contribution is 2.13. The van der Waals surface area contributed by atoms with Crippen LogP contribution in [0.2, 0.25) is 0 Å². The van der Waals surface area contributed by atoms with E-state index in [0.717, 1.165) is 17.7 Å². The third-order valence-corrected chi connectivity index (χ3v) is 3.28. The second-order valence-corrected chi connectivity index (χ2v) is 4.66. The van der Waals surface area contributed by atoms with Gasteiger partial charge >= 0.3 is 5.69 Å². The second-order valence-electron chi connectivity index (χ2n) is 4.66. The largest absolute Gasteiger partial charge is 0.497 e. The Balaban J connectivity index is 2.05. The molecule has 0 atom stereocenters. The van der Waals surface area contributed by atoms with E-state index in [-0.39, 0.29) is 11.5 Å². The molecule has 0 aliphatic carbocycles. The number of H-pyrrole nitrogens is 1. The number of hydrogen-bond acceptors (Lipinski definition) is 5. The van der Waals surface area contributed by atoms with Crippen LogP contribution in [0.1, 0.15) is 12.0 Å². The molecule has 2 aromatic rings. The van der Waals surface area contributed by atoms with Crippen LogP contribution in [0.3, 0.4) is 0 Å². The quantitative estimate of drug-likeness (QED) is 0.734. The van der Waals surface area contributed by atoms with Crippen LogP contribution in [0.15, 0.2) is 33.9 Å². The van der Waals surface area contributed by atoms with E-state index in [2.05, 4.69) is 4.98 Å². The van der Waals surface area contributed by atoms with E-state index in [1.807, 2.05) is 24.3 Å². The molecule has 1 aromatic carbocycles. The van der Waals surface area contributed by atoms with Gasteiger partial charge in [-0.3, -0.25) is 14.3 Å². The van der Waals surface area contributed by atoms with Crippen molar-refractivity contribution in [2.75, 3.05) is 18.6 Å². The number of hydrogen-bond donors (Lipinski definition) is 3. The number of nitrogens with one attached hydrogen (secondary N) is 1. The van der Waals surface area contributed by atoms with Gasteiger partial charge in [0.2, 0.25) is 0 Å². The van der Waals surface area contributed by atoms with Gasteiger partial charge in [0.25, 0.3) is 5.56 Å². The van der Waals surface area contributed by atoms with Crippen LogP contribution in [0.4, 0.5) is 11.5 Å². The van der Waals surface area contributed by atoms with E-state index in [1.54, 1.807) is 7.11 Å². The molecule has 0 aliphatic heterocycles. The fraction of sp³-hybridized carbons (Fsp3) is 0.286. The first-order valence-corrected chi connectivity index (χ1v) is 6.54. The first kappa shape index (κ1) is 14.7. The molecule has 0 spiro atoms. The van der Waals surface area contributed by atoms with Gasteiger partial charge in [0.05, 0.1) is 7.11 Å². The van der Waals surface area contributed by atoms with Gasteiger partial charge in [-0.2, -0.15) is 0 Å². The predicted molar refractivity (Wildman–Crippen MR) is 81.5 cm³/mol. The summed E-state index contributed by atoms with van der Waals surface area (Å²) in [5, 5.41) is 0. The highest BCUT2D eigenvalue weighted by Gasteiger charge is 2.08. The highest BCUT2D eigenvalue weighted by molar-refractivity contribution is 5.56. The van der Waals surface area contributed by atoms with Crippen LogP contribution in [-0.4, -0.2) is 16.7 Å². The Morgan fingerprint density at radius 2 is 1.86 bits per heavy atom. The van der Waals surface area contributed by atoms with Gasteiger partial charge in [-0.15, -0.1) is 0 Å². The summed E-state index contributed by atoms with van der Waals surface area (Å²) in [6.45, 7) is 0.387. The Kier molecular flexibility index (Phi) is 4.32. The number of nitrogens with two attached hydrogens (primary N) is 2. The van der Waals surface area contributed by atoms with E-state index < -0.39 is 11.2 Å². The molecule has 7 nitrogen and oxygen atoms in total. The lowest BCUT2D eigenvalue weighted by Crippen LogP contribution is -2.34. The zero-order valence-corrected chi connectivity index (χ0v) is 11.8. The van der Waals surface area contributed by atoms with E-state index >= 15 is 0 Å². The summed E-state index contributed by atoms with van der Waals surface area (Å²) in [5.74, 6) is 0.811. The van der Waals surface area contributed by atoms with Crippen LogP contribution >= 0.6 is 0 Å². The fourth-order valence-corrected chi connectivity index (χ4v) is 2.06. The van der Waals surface area contributed by atoms with Crippen LogP contribution in [0, 0.1) is 0 Å². The summed E-state index contributed by atoms with van der Waals surface area (Å²) in [4.78, 5) is 25.1. The standard InChI is InChI=1S/C14H18N4O3/c1-21-10-6-4-9(5-7-10)3-2-8-18-12(16)11(15)13(19)17-14(18)20/h4-7H,2-3,8,15-16H2,1H3,(H,17,19,20). The van der Waals surface area contributed by atoms with Crippen molar-refractivity contribution in [1.29, 1.82) is 0 Å².